The predicted molar refractivity (Wildman–Crippen MR) is 168 cm³/mol. The summed E-state index contributed by atoms with van der Waals surface area (Å²) in [7, 11) is 0. The quantitative estimate of drug-likeness (QED) is 0.241. The molecule has 1 saturated heterocycles. The van der Waals surface area contributed by atoms with Crippen LogP contribution in [0.3, 0.4) is 0 Å². The third-order valence-electron chi connectivity index (χ3n) is 8.30. The van der Waals surface area contributed by atoms with Crippen molar-refractivity contribution in [3.8, 4) is 0 Å². The minimum absolute atomic E-state index is 0.605. The summed E-state index contributed by atoms with van der Waals surface area (Å²) in [6.45, 7) is 20.3. The highest BCUT2D eigenvalue weighted by molar-refractivity contribution is 5.97. The first-order valence-electron chi connectivity index (χ1n) is 15.2. The number of aromatic nitrogens is 1. The maximum Gasteiger partial charge on any atom is 0.137 e. The van der Waals surface area contributed by atoms with Crippen molar-refractivity contribution in [1.29, 1.82) is 0 Å². The molecule has 0 radical (unpaired) electrons. The predicted octanol–water partition coefficient (Wildman–Crippen LogP) is 9.52. The third-order valence-corrected chi connectivity index (χ3v) is 8.30. The first-order chi connectivity index (χ1) is 18.5. The van der Waals surface area contributed by atoms with E-state index in [4.69, 9.17) is 4.98 Å². The molecule has 1 atom stereocenters. The van der Waals surface area contributed by atoms with Gasteiger partial charge in [0.25, 0.3) is 0 Å². The first-order valence-corrected chi connectivity index (χ1v) is 15.2. The van der Waals surface area contributed by atoms with Crippen LogP contribution < -0.4 is 9.80 Å². The van der Waals surface area contributed by atoms with Gasteiger partial charge in [-0.1, -0.05) is 65.0 Å². The van der Waals surface area contributed by atoms with E-state index in [2.05, 4.69) is 93.5 Å². The van der Waals surface area contributed by atoms with Crippen LogP contribution in [0, 0.1) is 6.92 Å². The molecule has 1 aromatic heterocycles. The zero-order chi connectivity index (χ0) is 27.1. The number of aryl methyl sites for hydroxylation is 1. The Hall–Kier alpha value is -2.81. The molecule has 3 heteroatoms. The van der Waals surface area contributed by atoms with Gasteiger partial charge in [-0.25, -0.2) is 4.98 Å². The molecule has 0 bridgehead atoms. The van der Waals surface area contributed by atoms with Gasteiger partial charge in [-0.05, 0) is 98.1 Å². The van der Waals surface area contributed by atoms with Crippen LogP contribution in [0.1, 0.15) is 107 Å². The van der Waals surface area contributed by atoms with Crippen molar-refractivity contribution in [3.63, 3.8) is 0 Å². The van der Waals surface area contributed by atoms with Crippen LogP contribution in [-0.2, 0) is 0 Å². The van der Waals surface area contributed by atoms with E-state index in [1.165, 1.54) is 71.7 Å². The highest BCUT2D eigenvalue weighted by Crippen LogP contribution is 2.36. The maximum absolute atomic E-state index is 5.37. The van der Waals surface area contributed by atoms with Crippen molar-refractivity contribution in [3.05, 3.63) is 71.4 Å². The number of nitrogens with zero attached hydrogens (tertiary/aromatic N) is 3. The Kier molecular flexibility index (Phi) is 9.88. The molecule has 1 fully saturated rings. The van der Waals surface area contributed by atoms with Crippen molar-refractivity contribution in [1.82, 2.24) is 4.98 Å². The lowest BCUT2D eigenvalue weighted by Gasteiger charge is -2.30. The Morgan fingerprint density at radius 3 is 2.32 bits per heavy atom. The topological polar surface area (TPSA) is 19.4 Å². The Morgan fingerprint density at radius 1 is 0.921 bits per heavy atom. The van der Waals surface area contributed by atoms with Gasteiger partial charge in [-0.2, -0.15) is 0 Å². The summed E-state index contributed by atoms with van der Waals surface area (Å²) in [5.74, 6) is 1.74. The fourth-order valence-electron chi connectivity index (χ4n) is 6.14. The molecule has 2 aromatic carbocycles. The van der Waals surface area contributed by atoms with Crippen LogP contribution in [0.4, 0.5) is 11.5 Å². The van der Waals surface area contributed by atoms with Gasteiger partial charge in [0, 0.05) is 42.8 Å². The maximum atomic E-state index is 5.37. The number of fused-ring (bicyclic) bond motifs is 1. The smallest absolute Gasteiger partial charge is 0.137 e. The van der Waals surface area contributed by atoms with E-state index in [-0.39, 0.29) is 0 Å². The van der Waals surface area contributed by atoms with Crippen LogP contribution >= 0.6 is 0 Å². The highest BCUT2D eigenvalue weighted by Gasteiger charge is 2.20. The molecule has 2 heterocycles. The lowest BCUT2D eigenvalue weighted by Crippen LogP contribution is -2.30. The van der Waals surface area contributed by atoms with E-state index >= 15 is 0 Å². The Bertz CT molecular complexity index is 1220. The van der Waals surface area contributed by atoms with E-state index in [1.807, 2.05) is 0 Å². The minimum Gasteiger partial charge on any atom is -0.372 e. The second-order valence-corrected chi connectivity index (χ2v) is 11.2. The Morgan fingerprint density at radius 2 is 1.66 bits per heavy atom. The molecule has 0 aliphatic carbocycles. The van der Waals surface area contributed by atoms with Crippen molar-refractivity contribution in [2.24, 2.45) is 0 Å². The van der Waals surface area contributed by atoms with Gasteiger partial charge in [0.15, 0.2) is 0 Å². The molecule has 0 saturated carbocycles. The van der Waals surface area contributed by atoms with E-state index in [0.29, 0.717) is 5.92 Å². The van der Waals surface area contributed by atoms with Crippen LogP contribution in [0.2, 0.25) is 0 Å². The van der Waals surface area contributed by atoms with Gasteiger partial charge >= 0.3 is 0 Å². The number of hydrogen-bond donors (Lipinski definition) is 0. The van der Waals surface area contributed by atoms with Crippen molar-refractivity contribution in [2.75, 3.05) is 36.0 Å². The zero-order valence-electron chi connectivity index (χ0n) is 24.7. The van der Waals surface area contributed by atoms with Crippen molar-refractivity contribution in [2.45, 2.75) is 91.9 Å². The first kappa shape index (κ1) is 28.2. The van der Waals surface area contributed by atoms with Gasteiger partial charge < -0.3 is 9.80 Å². The van der Waals surface area contributed by atoms with Crippen LogP contribution in [-0.4, -0.2) is 31.2 Å². The second kappa shape index (κ2) is 13.3. The normalized spacial score (nSPS) is 14.6. The number of piperidine rings is 1. The van der Waals surface area contributed by atoms with E-state index < -0.39 is 0 Å². The number of anilines is 2. The Labute approximate surface area is 232 Å². The number of rotatable bonds is 12. The zero-order valence-corrected chi connectivity index (χ0v) is 24.7. The lowest BCUT2D eigenvalue weighted by molar-refractivity contribution is 0.575. The highest BCUT2D eigenvalue weighted by atomic mass is 15.2. The van der Waals surface area contributed by atoms with Crippen molar-refractivity contribution >= 4 is 27.9 Å². The summed E-state index contributed by atoms with van der Waals surface area (Å²) in [4.78, 5) is 10.4. The average Bonchev–Trinajstić information content (AvgIpc) is 2.95. The molecule has 4 rings (SSSR count). The standard InChI is InChI=1S/C35H49N3/c1-7-14-28(10-4)29-16-15-26(5)32(23-29)27(6)34-24-30-17-18-31(37(19-8-2)20-9-3)25-33(30)35(36-34)38-21-12-11-13-22-38/h15-18,23-25,28H,6-14,19-22H2,1-5H3. The largest absolute Gasteiger partial charge is 0.372 e. The average molecular weight is 512 g/mol. The van der Waals surface area contributed by atoms with E-state index in [9.17, 15) is 0 Å². The molecular formula is C35H49N3. The summed E-state index contributed by atoms with van der Waals surface area (Å²) in [6, 6.07) is 16.3. The fraction of sp³-hybridized carbons (Fsp3) is 0.514. The van der Waals surface area contributed by atoms with Crippen LogP contribution in [0.25, 0.3) is 16.3 Å². The molecule has 1 aliphatic heterocycles. The van der Waals surface area contributed by atoms with Crippen molar-refractivity contribution < 1.29 is 0 Å². The number of pyridine rings is 1. The molecule has 3 aromatic rings. The molecule has 3 nitrogen and oxygen atoms in total. The molecule has 0 N–H and O–H groups in total. The van der Waals surface area contributed by atoms with Gasteiger partial charge in [-0.3, -0.25) is 0 Å². The number of benzene rings is 2. The van der Waals surface area contributed by atoms with E-state index in [1.54, 1.807) is 0 Å². The fourth-order valence-corrected chi connectivity index (χ4v) is 6.14. The molecular weight excluding hydrogens is 462 g/mol. The summed E-state index contributed by atoms with van der Waals surface area (Å²) >= 11 is 0. The summed E-state index contributed by atoms with van der Waals surface area (Å²) < 4.78 is 0. The monoisotopic (exact) mass is 511 g/mol. The molecule has 204 valence electrons. The number of hydrogen-bond acceptors (Lipinski definition) is 3. The van der Waals surface area contributed by atoms with E-state index in [0.717, 1.165) is 56.1 Å². The third kappa shape index (κ3) is 6.25. The molecule has 0 spiro atoms. The SMILES string of the molecule is C=C(c1cc2ccc(N(CCC)CCC)cc2c(N2CCCCC2)n1)c1cc(C(CC)CCC)ccc1C. The Balaban J connectivity index is 1.80. The lowest BCUT2D eigenvalue weighted by atomic mass is 9.88. The van der Waals surface area contributed by atoms with Crippen LogP contribution in [0.15, 0.2) is 49.0 Å². The second-order valence-electron chi connectivity index (χ2n) is 11.2. The molecule has 1 unspecified atom stereocenters. The van der Waals surface area contributed by atoms with Gasteiger partial charge in [0.2, 0.25) is 0 Å². The molecule has 38 heavy (non-hydrogen) atoms. The summed E-state index contributed by atoms with van der Waals surface area (Å²) in [6.07, 6.45) is 9.72. The van der Waals surface area contributed by atoms with Gasteiger partial charge in [0.05, 0.1) is 5.69 Å². The summed E-state index contributed by atoms with van der Waals surface area (Å²) in [5.41, 5.74) is 7.31. The minimum atomic E-state index is 0.605. The van der Waals surface area contributed by atoms with Gasteiger partial charge in [-0.15, -0.1) is 0 Å². The van der Waals surface area contributed by atoms with Gasteiger partial charge in [0.1, 0.15) is 5.82 Å². The molecule has 1 aliphatic rings. The molecule has 0 amide bonds. The van der Waals surface area contributed by atoms with Crippen LogP contribution in [0.5, 0.6) is 0 Å². The summed E-state index contributed by atoms with van der Waals surface area (Å²) in [5, 5.41) is 2.54.